The average Bonchev–Trinajstić information content (AvgIpc) is 2.37. The molecule has 0 spiro atoms. The van der Waals surface area contributed by atoms with Crippen molar-refractivity contribution in [1.82, 2.24) is 4.72 Å². The Hall–Kier alpha value is -1.44. The lowest BCUT2D eigenvalue weighted by atomic mass is 10.2. The van der Waals surface area contributed by atoms with Gasteiger partial charge in [0.2, 0.25) is 0 Å². The first kappa shape index (κ1) is 15.6. The number of carboxylic acids is 1. The topological polar surface area (TPSA) is 87.7 Å². The van der Waals surface area contributed by atoms with Crippen LogP contribution in [0.5, 0.6) is 0 Å². The van der Waals surface area contributed by atoms with Crippen molar-refractivity contribution >= 4 is 22.6 Å². The van der Waals surface area contributed by atoms with Crippen molar-refractivity contribution in [2.45, 2.75) is 30.7 Å². The zero-order valence-corrected chi connectivity index (χ0v) is 11.7. The molecule has 2 unspecified atom stereocenters. The Kier molecular flexibility index (Phi) is 6.48. The fraction of sp³-hybridized carbons (Fsp3) is 0.417. The molecule has 0 bridgehead atoms. The third-order valence-electron chi connectivity index (χ3n) is 2.39. The molecule has 7 heteroatoms. The van der Waals surface area contributed by atoms with E-state index in [1.807, 2.05) is 6.92 Å². The van der Waals surface area contributed by atoms with Crippen molar-refractivity contribution in [3.8, 4) is 0 Å². The van der Waals surface area contributed by atoms with Crippen LogP contribution in [0, 0.1) is 0 Å². The van der Waals surface area contributed by atoms with Gasteiger partial charge >= 0.3 is 5.97 Å². The van der Waals surface area contributed by atoms with Crippen molar-refractivity contribution in [3.05, 3.63) is 24.3 Å². The highest BCUT2D eigenvalue weighted by Crippen LogP contribution is 2.12. The van der Waals surface area contributed by atoms with Gasteiger partial charge < -0.3 is 5.11 Å². The van der Waals surface area contributed by atoms with E-state index in [1.54, 1.807) is 24.3 Å². The van der Waals surface area contributed by atoms with Gasteiger partial charge in [0, 0.05) is 12.5 Å². The molecule has 6 nitrogen and oxygen atoms in total. The summed E-state index contributed by atoms with van der Waals surface area (Å²) in [6.07, 6.45) is 0.493. The number of hydrogen-bond acceptors (Lipinski definition) is 4. The minimum Gasteiger partial charge on any atom is -0.481 e. The van der Waals surface area contributed by atoms with Crippen LogP contribution in [-0.4, -0.2) is 28.4 Å². The Labute approximate surface area is 114 Å². The average molecular weight is 286 g/mol. The first-order valence-corrected chi connectivity index (χ1v) is 6.96. The number of rotatable bonds is 8. The van der Waals surface area contributed by atoms with Gasteiger partial charge in [0.05, 0.1) is 17.7 Å². The smallest absolute Gasteiger partial charge is 0.303 e. The second-order valence-electron chi connectivity index (χ2n) is 4.05. The largest absolute Gasteiger partial charge is 0.481 e. The van der Waals surface area contributed by atoms with Gasteiger partial charge in [-0.3, -0.25) is 15.1 Å². The maximum atomic E-state index is 12.0. The van der Waals surface area contributed by atoms with Crippen LogP contribution in [0.1, 0.15) is 19.8 Å². The lowest BCUT2D eigenvalue weighted by Crippen LogP contribution is -2.28. The van der Waals surface area contributed by atoms with Gasteiger partial charge in [-0.25, -0.2) is 8.93 Å². The van der Waals surface area contributed by atoms with E-state index in [-0.39, 0.29) is 12.5 Å². The molecule has 106 valence electrons. The van der Waals surface area contributed by atoms with Gasteiger partial charge in [-0.15, -0.1) is 0 Å². The molecule has 19 heavy (non-hydrogen) atoms. The zero-order valence-electron chi connectivity index (χ0n) is 10.9. The molecule has 0 aromatic heterocycles. The van der Waals surface area contributed by atoms with Crippen molar-refractivity contribution in [2.75, 3.05) is 12.6 Å². The van der Waals surface area contributed by atoms with Gasteiger partial charge in [-0.2, -0.15) is 0 Å². The molecule has 0 aliphatic carbocycles. The Morgan fingerprint density at radius 1 is 1.42 bits per heavy atom. The summed E-state index contributed by atoms with van der Waals surface area (Å²) in [7, 11) is 0.160. The maximum absolute atomic E-state index is 12.0. The summed E-state index contributed by atoms with van der Waals surface area (Å²) in [5.41, 5.74) is 3.43. The molecule has 3 N–H and O–H groups in total. The highest BCUT2D eigenvalue weighted by molar-refractivity contribution is 7.83. The lowest BCUT2D eigenvalue weighted by Gasteiger charge is -2.12. The van der Waals surface area contributed by atoms with E-state index in [1.165, 1.54) is 7.11 Å². The second-order valence-corrected chi connectivity index (χ2v) is 5.30. The number of hydrogen-bond donors (Lipinski definition) is 3. The Morgan fingerprint density at radius 3 is 2.58 bits per heavy atom. The van der Waals surface area contributed by atoms with Crippen LogP contribution in [0.3, 0.4) is 0 Å². The SMILES string of the molecule is CONc1ccc(S(=O)NC(C)CCC(=O)O)cc1. The van der Waals surface area contributed by atoms with Crippen LogP contribution >= 0.6 is 0 Å². The summed E-state index contributed by atoms with van der Waals surface area (Å²) in [4.78, 5) is 15.8. The van der Waals surface area contributed by atoms with E-state index in [9.17, 15) is 9.00 Å². The third-order valence-corrected chi connectivity index (χ3v) is 3.70. The summed E-state index contributed by atoms with van der Waals surface area (Å²) < 4.78 is 14.8. The molecule has 1 rings (SSSR count). The van der Waals surface area contributed by atoms with Crippen LogP contribution < -0.4 is 10.2 Å². The van der Waals surface area contributed by atoms with Gasteiger partial charge in [0.1, 0.15) is 11.0 Å². The molecule has 0 aliphatic heterocycles. The number of carboxylic acid groups (broad SMARTS) is 1. The number of benzene rings is 1. The fourth-order valence-corrected chi connectivity index (χ4v) is 2.42. The normalized spacial score (nSPS) is 13.8. The molecule has 0 saturated carbocycles. The fourth-order valence-electron chi connectivity index (χ4n) is 1.41. The Morgan fingerprint density at radius 2 is 2.05 bits per heavy atom. The molecule has 0 aliphatic rings. The molecule has 0 heterocycles. The van der Waals surface area contributed by atoms with Crippen molar-refractivity contribution in [3.63, 3.8) is 0 Å². The monoisotopic (exact) mass is 286 g/mol. The molecule has 2 atom stereocenters. The molecule has 0 amide bonds. The number of nitrogens with one attached hydrogen (secondary N) is 2. The maximum Gasteiger partial charge on any atom is 0.303 e. The number of carbonyl (C=O) groups is 1. The molecular formula is C12H18N2O4S. The standard InChI is InChI=1S/C12H18N2O4S/c1-9(3-8-12(15)16)14-19(17)11-6-4-10(5-7-11)13-18-2/h4-7,9,13-14H,3,8H2,1-2H3,(H,15,16). The first-order chi connectivity index (χ1) is 9.02. The molecule has 0 radical (unpaired) electrons. The van der Waals surface area contributed by atoms with Gasteiger partial charge in [0.25, 0.3) is 0 Å². The second kappa shape index (κ2) is 7.88. The Balaban J connectivity index is 2.50. The number of aliphatic carboxylic acids is 1. The van der Waals surface area contributed by atoms with Crippen LogP contribution in [0.15, 0.2) is 29.2 Å². The van der Waals surface area contributed by atoms with Crippen LogP contribution in [0.2, 0.25) is 0 Å². The molecule has 0 fully saturated rings. The third kappa shape index (κ3) is 5.82. The summed E-state index contributed by atoms with van der Waals surface area (Å²) in [5, 5.41) is 8.57. The van der Waals surface area contributed by atoms with Crippen LogP contribution in [0.4, 0.5) is 5.69 Å². The highest BCUT2D eigenvalue weighted by atomic mass is 32.2. The number of anilines is 1. The molecule has 1 aromatic rings. The minimum atomic E-state index is -1.35. The van der Waals surface area contributed by atoms with Gasteiger partial charge in [-0.1, -0.05) is 0 Å². The predicted molar refractivity (Wildman–Crippen MR) is 72.9 cm³/mol. The van der Waals surface area contributed by atoms with Crippen LogP contribution in [0.25, 0.3) is 0 Å². The zero-order chi connectivity index (χ0) is 14.3. The van der Waals surface area contributed by atoms with E-state index in [0.717, 1.165) is 5.69 Å². The first-order valence-electron chi connectivity index (χ1n) is 5.81. The van der Waals surface area contributed by atoms with E-state index in [0.29, 0.717) is 11.3 Å². The predicted octanol–water partition coefficient (Wildman–Crippen LogP) is 1.53. The molecular weight excluding hydrogens is 268 g/mol. The molecule has 1 aromatic carbocycles. The minimum absolute atomic E-state index is 0.0576. The summed E-state index contributed by atoms with van der Waals surface area (Å²) >= 11 is 0. The summed E-state index contributed by atoms with van der Waals surface area (Å²) in [5.74, 6) is -0.852. The van der Waals surface area contributed by atoms with Crippen LogP contribution in [-0.2, 0) is 20.6 Å². The van der Waals surface area contributed by atoms with Crippen molar-refractivity contribution < 1.29 is 18.9 Å². The van der Waals surface area contributed by atoms with E-state index >= 15 is 0 Å². The molecule has 0 saturated heterocycles. The van der Waals surface area contributed by atoms with E-state index in [2.05, 4.69) is 10.2 Å². The van der Waals surface area contributed by atoms with Gasteiger partial charge in [0.15, 0.2) is 0 Å². The van der Waals surface area contributed by atoms with Crippen molar-refractivity contribution in [2.24, 2.45) is 0 Å². The highest BCUT2D eigenvalue weighted by Gasteiger charge is 2.10. The lowest BCUT2D eigenvalue weighted by molar-refractivity contribution is -0.137. The quantitative estimate of drug-likeness (QED) is 0.631. The van der Waals surface area contributed by atoms with Crippen molar-refractivity contribution in [1.29, 1.82) is 0 Å². The van der Waals surface area contributed by atoms with E-state index < -0.39 is 17.0 Å². The summed E-state index contributed by atoms with van der Waals surface area (Å²) in [6, 6.07) is 6.80. The van der Waals surface area contributed by atoms with Gasteiger partial charge in [-0.05, 0) is 37.6 Å². The summed E-state index contributed by atoms with van der Waals surface area (Å²) in [6.45, 7) is 1.81. The van der Waals surface area contributed by atoms with E-state index in [4.69, 9.17) is 9.94 Å². The Bertz CT molecular complexity index is 436.